The van der Waals surface area contributed by atoms with Gasteiger partial charge in [0.15, 0.2) is 86.9 Å². The van der Waals surface area contributed by atoms with Gasteiger partial charge in [-0.15, -0.1) is 0 Å². The van der Waals surface area contributed by atoms with Crippen LogP contribution in [0.5, 0.6) is 34.5 Å². The smallest absolute Gasteiger partial charge is 0.164 e. The van der Waals surface area contributed by atoms with Crippen molar-refractivity contribution in [2.45, 2.75) is 19.3 Å². The lowest BCUT2D eigenvalue weighted by molar-refractivity contribution is 0.477. The third kappa shape index (κ3) is 16.8. The highest BCUT2D eigenvalue weighted by Gasteiger charge is 2.37. The zero-order chi connectivity index (χ0) is 94.1. The van der Waals surface area contributed by atoms with E-state index in [1.165, 1.54) is 22.3 Å². The molecule has 0 radical (unpaired) electrons. The first-order chi connectivity index (χ1) is 69.6. The Morgan fingerprint density at radius 1 is 0.156 bits per heavy atom. The second-order valence-electron chi connectivity index (χ2n) is 35.2. The van der Waals surface area contributed by atoms with Gasteiger partial charge in [0.05, 0.1) is 34.1 Å². The Morgan fingerprint density at radius 3 is 0.695 bits per heavy atom. The lowest BCUT2D eigenvalue weighted by Gasteiger charge is -2.32. The van der Waals surface area contributed by atoms with E-state index in [4.69, 9.17) is 59.1 Å². The zero-order valence-electron chi connectivity index (χ0n) is 76.8. The van der Waals surface area contributed by atoms with E-state index in [0.717, 1.165) is 169 Å². The Labute approximate surface area is 816 Å². The van der Waals surface area contributed by atoms with Gasteiger partial charge < -0.3 is 28.9 Å². The highest BCUT2D eigenvalue weighted by Crippen LogP contribution is 2.56. The summed E-state index contributed by atoms with van der Waals surface area (Å²) in [7, 11) is 0. The van der Waals surface area contributed by atoms with Crippen molar-refractivity contribution < 1.29 is 14.2 Å². The molecule has 0 amide bonds. The van der Waals surface area contributed by atoms with Gasteiger partial charge in [-0.2, -0.15) is 0 Å². The van der Waals surface area contributed by atoms with E-state index in [0.29, 0.717) is 52.4 Å². The molecule has 0 spiro atoms. The van der Waals surface area contributed by atoms with Crippen LogP contribution in [0.2, 0.25) is 0 Å². The van der Waals surface area contributed by atoms with Crippen molar-refractivity contribution in [3.8, 4) is 181 Å². The molecule has 0 N–H and O–H groups in total. The van der Waals surface area contributed by atoms with Gasteiger partial charge in [-0.25, -0.2) is 44.9 Å². The fourth-order valence-electron chi connectivity index (χ4n) is 18.9. The molecule has 19 aromatic carbocycles. The average Bonchev–Trinajstić information content (AvgIpc) is 1.60. The normalized spacial score (nSPS) is 12.4. The van der Waals surface area contributed by atoms with Crippen LogP contribution in [0.1, 0.15) is 25.0 Å². The molecule has 1 aliphatic carbocycles. The molecule has 3 aliphatic heterocycles. The van der Waals surface area contributed by atoms with E-state index in [1.54, 1.807) is 0 Å². The quantitative estimate of drug-likeness (QED) is 0.0956. The van der Waals surface area contributed by atoms with Crippen LogP contribution in [0.3, 0.4) is 0 Å². The van der Waals surface area contributed by atoms with Gasteiger partial charge in [-0.3, -0.25) is 0 Å². The summed E-state index contributed by atoms with van der Waals surface area (Å²) in [5.41, 5.74) is 29.2. The minimum absolute atomic E-state index is 0.118. The van der Waals surface area contributed by atoms with Crippen LogP contribution in [-0.4, -0.2) is 44.9 Å². The lowest BCUT2D eigenvalue weighted by Crippen LogP contribution is -2.15. The first-order valence-electron chi connectivity index (χ1n) is 47.0. The van der Waals surface area contributed by atoms with E-state index >= 15 is 0 Å². The van der Waals surface area contributed by atoms with Crippen molar-refractivity contribution >= 4 is 51.2 Å². The summed E-state index contributed by atoms with van der Waals surface area (Å²) in [5, 5.41) is 0. The third-order valence-electron chi connectivity index (χ3n) is 25.9. The number of nitrogens with zero attached hydrogens (tertiary/aromatic N) is 12. The molecule has 4 aliphatic rings. The summed E-state index contributed by atoms with van der Waals surface area (Å²) < 4.78 is 18.7. The lowest BCUT2D eigenvalue weighted by atomic mass is 9.82. The maximum Gasteiger partial charge on any atom is 0.164 e. The second kappa shape index (κ2) is 37.0. The SMILES string of the molecule is CC1(C)c2ccccc2-c2ccc(-c3nc(-c4ccccc4)nc(-c4ccc(N5c6ccccc6Oc6ccccc65)cc4)n3)cc21.c1ccc(-c2cc(-c3ccccc3)cc(-c3nc(-c4ccccc4)nc(-c4ccc(N5c6ccccc6Oc6ccccc65)cc4)n3)c2)cc1.c1ccc(-c2cccc(-c3nc(-c4ccccc4)nc(-c4ccc(N5c6ccccc6Oc6ccccc65)cc4)n3)c2)cc1. The van der Waals surface area contributed by atoms with Crippen molar-refractivity contribution in [2.24, 2.45) is 0 Å². The van der Waals surface area contributed by atoms with E-state index in [2.05, 4.69) is 283 Å². The predicted octanol–water partition coefficient (Wildman–Crippen LogP) is 32.7. The minimum atomic E-state index is -0.118. The molecule has 0 atom stereocenters. The van der Waals surface area contributed by atoms with Crippen LogP contribution in [0, 0.1) is 0 Å². The first kappa shape index (κ1) is 85.0. The van der Waals surface area contributed by atoms with Gasteiger partial charge in [0, 0.05) is 72.5 Å². The summed E-state index contributed by atoms with van der Waals surface area (Å²) in [6.45, 7) is 4.59. The summed E-state index contributed by atoms with van der Waals surface area (Å²) in [6.07, 6.45) is 0. The Hall–Kier alpha value is -19.0. The summed E-state index contributed by atoms with van der Waals surface area (Å²) in [4.78, 5) is 51.8. The topological polar surface area (TPSA) is 153 Å². The summed E-state index contributed by atoms with van der Waals surface area (Å²) in [5.74, 6) is 10.6. The Kier molecular flexibility index (Phi) is 22.3. The van der Waals surface area contributed by atoms with E-state index < -0.39 is 0 Å². The largest absolute Gasteiger partial charge is 0.453 e. The molecular weight excluding hydrogens is 1730 g/mol. The molecule has 15 nitrogen and oxygen atoms in total. The molecule has 6 heterocycles. The van der Waals surface area contributed by atoms with Crippen LogP contribution >= 0.6 is 0 Å². The molecule has 141 heavy (non-hydrogen) atoms. The second-order valence-corrected chi connectivity index (χ2v) is 35.2. The number of hydrogen-bond acceptors (Lipinski definition) is 15. The molecule has 15 heteroatoms. The molecule has 0 saturated heterocycles. The number of rotatable bonds is 15. The summed E-state index contributed by atoms with van der Waals surface area (Å²) >= 11 is 0. The molecular formula is C126H86N12O3. The predicted molar refractivity (Wildman–Crippen MR) is 567 cm³/mol. The molecule has 3 aromatic heterocycles. The number of benzene rings is 19. The molecule has 668 valence electrons. The fourth-order valence-corrected chi connectivity index (χ4v) is 18.9. The molecule has 0 unspecified atom stereocenters. The van der Waals surface area contributed by atoms with Gasteiger partial charge in [-0.05, 0) is 232 Å². The van der Waals surface area contributed by atoms with E-state index in [9.17, 15) is 0 Å². The number of hydrogen-bond donors (Lipinski definition) is 0. The van der Waals surface area contributed by atoms with Crippen LogP contribution in [0.25, 0.3) is 147 Å². The average molecular weight is 1820 g/mol. The summed E-state index contributed by atoms with van der Waals surface area (Å²) in [6, 6.07) is 166. The standard InChI is InChI=1S/C45H30N4O.C42H30N4O.C39H26N4O/c1-4-14-31(15-5-1)35-28-36(32-16-6-2-7-17-32)30-37(29-35)45-47-43(33-18-8-3-9-19-33)46-44(48-45)34-24-26-38(27-25-34)49-39-20-10-12-22-41(39)50-42-23-13-11-21-40(42)49;1-42(2)33-15-7-6-14-31(33)32-25-22-29(26-34(32)42)41-44-39(27-12-4-3-5-13-27)43-40(45-41)28-20-23-30(24-21-28)46-35-16-8-10-18-37(35)47-38-19-11-9-17-36(38)46;1-3-12-27(13-4-1)30-16-11-17-31(26-30)39-41-37(28-14-5-2-6-15-28)40-38(42-39)29-22-24-32(25-23-29)43-33-18-7-9-20-35(33)44-36-21-10-8-19-34(36)43/h1-30H;3-26H,1-2H3;1-26H. The van der Waals surface area contributed by atoms with Crippen molar-refractivity contribution in [3.05, 3.63) is 496 Å². The fraction of sp³-hybridized carbons (Fsp3) is 0.0238. The van der Waals surface area contributed by atoms with E-state index in [-0.39, 0.29) is 5.41 Å². The minimum Gasteiger partial charge on any atom is -0.453 e. The van der Waals surface area contributed by atoms with Crippen molar-refractivity contribution in [3.63, 3.8) is 0 Å². The number of ether oxygens (including phenoxy) is 3. The third-order valence-corrected chi connectivity index (χ3v) is 25.9. The number of aromatic nitrogens is 9. The Balaban J connectivity index is 0.000000115. The van der Waals surface area contributed by atoms with Gasteiger partial charge >= 0.3 is 0 Å². The first-order valence-corrected chi connectivity index (χ1v) is 47.0. The van der Waals surface area contributed by atoms with Gasteiger partial charge in [0.1, 0.15) is 0 Å². The molecule has 22 aromatic rings. The monoisotopic (exact) mass is 1810 g/mol. The highest BCUT2D eigenvalue weighted by atomic mass is 16.5. The molecule has 0 bridgehead atoms. The number of para-hydroxylation sites is 12. The number of anilines is 9. The van der Waals surface area contributed by atoms with Crippen LogP contribution < -0.4 is 28.9 Å². The highest BCUT2D eigenvalue weighted by molar-refractivity contribution is 5.92. The molecule has 0 saturated carbocycles. The van der Waals surface area contributed by atoms with Crippen LogP contribution in [0.4, 0.5) is 51.2 Å². The zero-order valence-corrected chi connectivity index (χ0v) is 76.8. The molecule has 0 fully saturated rings. The Morgan fingerprint density at radius 2 is 0.369 bits per heavy atom. The van der Waals surface area contributed by atoms with Crippen molar-refractivity contribution in [1.29, 1.82) is 0 Å². The maximum absolute atomic E-state index is 6.24. The number of fused-ring (bicyclic) bond motifs is 9. The van der Waals surface area contributed by atoms with Gasteiger partial charge in [0.25, 0.3) is 0 Å². The van der Waals surface area contributed by atoms with Crippen molar-refractivity contribution in [1.82, 2.24) is 44.9 Å². The van der Waals surface area contributed by atoms with Crippen LogP contribution in [0.15, 0.2) is 485 Å². The van der Waals surface area contributed by atoms with Crippen molar-refractivity contribution in [2.75, 3.05) is 14.7 Å². The Bertz CT molecular complexity index is 8220. The van der Waals surface area contributed by atoms with Gasteiger partial charge in [0.2, 0.25) is 0 Å². The molecule has 26 rings (SSSR count). The maximum atomic E-state index is 6.24. The van der Waals surface area contributed by atoms with E-state index in [1.807, 2.05) is 231 Å². The van der Waals surface area contributed by atoms with Crippen LogP contribution in [-0.2, 0) is 5.41 Å². The van der Waals surface area contributed by atoms with Gasteiger partial charge in [-0.1, -0.05) is 323 Å².